The Kier molecular flexibility index (Phi) is 4.92. The highest BCUT2D eigenvalue weighted by atomic mass is 32.2. The predicted molar refractivity (Wildman–Crippen MR) is 87.6 cm³/mol. The zero-order valence-electron chi connectivity index (χ0n) is 13.2. The van der Waals surface area contributed by atoms with E-state index in [0.717, 1.165) is 19.6 Å². The van der Waals surface area contributed by atoms with Crippen LogP contribution in [0.5, 0.6) is 0 Å². The van der Waals surface area contributed by atoms with E-state index in [1.807, 2.05) is 17.9 Å². The third-order valence-corrected chi connectivity index (χ3v) is 5.86. The van der Waals surface area contributed by atoms with Crippen LogP contribution in [0.25, 0.3) is 0 Å². The third-order valence-electron chi connectivity index (χ3n) is 4.87. The van der Waals surface area contributed by atoms with Crippen molar-refractivity contribution in [3.05, 3.63) is 18.2 Å². The van der Waals surface area contributed by atoms with Gasteiger partial charge < -0.3 is 14.6 Å². The van der Waals surface area contributed by atoms with Crippen LogP contribution in [0.1, 0.15) is 44.3 Å². The fourth-order valence-electron chi connectivity index (χ4n) is 3.77. The second kappa shape index (κ2) is 6.71. The molecule has 0 aromatic carbocycles. The van der Waals surface area contributed by atoms with Crippen LogP contribution in [0, 0.1) is 5.92 Å². The molecule has 1 N–H and O–H groups in total. The van der Waals surface area contributed by atoms with Gasteiger partial charge in [-0.3, -0.25) is 0 Å². The van der Waals surface area contributed by atoms with Crippen LogP contribution in [0.4, 0.5) is 0 Å². The number of nitrogens with one attached hydrogen (secondary N) is 1. The average Bonchev–Trinajstić information content (AvgIpc) is 2.92. The van der Waals surface area contributed by atoms with Crippen molar-refractivity contribution in [1.82, 2.24) is 14.9 Å². The van der Waals surface area contributed by atoms with Crippen molar-refractivity contribution in [2.75, 3.05) is 24.7 Å². The van der Waals surface area contributed by atoms with Crippen molar-refractivity contribution in [1.29, 1.82) is 0 Å². The lowest BCUT2D eigenvalue weighted by atomic mass is 9.78. The first-order valence-electron chi connectivity index (χ1n) is 8.15. The van der Waals surface area contributed by atoms with E-state index >= 15 is 0 Å². The minimum Gasteiger partial charge on any atom is -0.375 e. The number of imidazole rings is 1. The summed E-state index contributed by atoms with van der Waals surface area (Å²) in [6, 6.07) is 0.367. The fraction of sp³-hybridized carbons (Fsp3) is 0.812. The molecule has 2 atom stereocenters. The van der Waals surface area contributed by atoms with Crippen LogP contribution in [-0.2, 0) is 11.8 Å². The molecule has 0 amide bonds. The van der Waals surface area contributed by atoms with Crippen molar-refractivity contribution in [3.63, 3.8) is 0 Å². The Bertz CT molecular complexity index is 451. The smallest absolute Gasteiger partial charge is 0.0947 e. The Balaban J connectivity index is 1.75. The maximum atomic E-state index is 6.24. The van der Waals surface area contributed by atoms with Gasteiger partial charge in [-0.2, -0.15) is 11.8 Å². The molecular weight excluding hydrogens is 282 g/mol. The quantitative estimate of drug-likeness (QED) is 0.928. The molecule has 3 heterocycles. The summed E-state index contributed by atoms with van der Waals surface area (Å²) in [5.41, 5.74) is 1.34. The van der Waals surface area contributed by atoms with Crippen LogP contribution in [0.15, 0.2) is 12.5 Å². The molecule has 0 radical (unpaired) electrons. The van der Waals surface area contributed by atoms with E-state index in [1.165, 1.54) is 36.5 Å². The summed E-state index contributed by atoms with van der Waals surface area (Å²) < 4.78 is 8.29. The van der Waals surface area contributed by atoms with Crippen molar-refractivity contribution < 1.29 is 4.74 Å². The van der Waals surface area contributed by atoms with E-state index in [-0.39, 0.29) is 5.60 Å². The fourth-order valence-corrected chi connectivity index (χ4v) is 5.01. The van der Waals surface area contributed by atoms with E-state index < -0.39 is 0 Å². The van der Waals surface area contributed by atoms with Gasteiger partial charge in [-0.25, -0.2) is 4.98 Å². The molecule has 118 valence electrons. The van der Waals surface area contributed by atoms with Crippen molar-refractivity contribution in [2.24, 2.45) is 13.0 Å². The maximum Gasteiger partial charge on any atom is 0.0947 e. The predicted octanol–water partition coefficient (Wildman–Crippen LogP) is 2.76. The van der Waals surface area contributed by atoms with Crippen LogP contribution in [0.3, 0.4) is 0 Å². The first-order chi connectivity index (χ1) is 10.2. The van der Waals surface area contributed by atoms with E-state index in [0.29, 0.717) is 12.0 Å². The second-order valence-corrected chi connectivity index (χ2v) is 7.62. The summed E-state index contributed by atoms with van der Waals surface area (Å²) in [5.74, 6) is 3.14. The van der Waals surface area contributed by atoms with Crippen LogP contribution in [0.2, 0.25) is 0 Å². The standard InChI is InChI=1S/C16H27N3OS/c1-3-17-15(14-11-19(2)12-18-14)13-4-7-20-16(10-13)5-8-21-9-6-16/h11-13,15,17H,3-10H2,1-2H3. The van der Waals surface area contributed by atoms with Gasteiger partial charge in [0, 0.05) is 19.9 Å². The number of rotatable bonds is 4. The monoisotopic (exact) mass is 309 g/mol. The first-order valence-corrected chi connectivity index (χ1v) is 9.31. The largest absolute Gasteiger partial charge is 0.375 e. The number of aromatic nitrogens is 2. The number of hydrogen-bond donors (Lipinski definition) is 1. The number of hydrogen-bond acceptors (Lipinski definition) is 4. The lowest BCUT2D eigenvalue weighted by molar-refractivity contribution is -0.107. The number of thioether (sulfide) groups is 1. The molecule has 3 rings (SSSR count). The number of ether oxygens (including phenoxy) is 1. The molecule has 2 unspecified atom stereocenters. The van der Waals surface area contributed by atoms with Gasteiger partial charge in [0.1, 0.15) is 0 Å². The van der Waals surface area contributed by atoms with E-state index in [1.54, 1.807) is 0 Å². The highest BCUT2D eigenvalue weighted by Gasteiger charge is 2.41. The zero-order valence-corrected chi connectivity index (χ0v) is 14.0. The molecule has 0 saturated carbocycles. The zero-order chi connectivity index (χ0) is 14.7. The molecule has 4 nitrogen and oxygen atoms in total. The van der Waals surface area contributed by atoms with Gasteiger partial charge in [0.05, 0.1) is 23.7 Å². The van der Waals surface area contributed by atoms with Crippen LogP contribution >= 0.6 is 11.8 Å². The normalized spacial score (nSPS) is 26.9. The summed E-state index contributed by atoms with van der Waals surface area (Å²) in [7, 11) is 2.04. The van der Waals surface area contributed by atoms with Gasteiger partial charge in [-0.15, -0.1) is 0 Å². The summed E-state index contributed by atoms with van der Waals surface area (Å²) in [6.45, 7) is 4.08. The Morgan fingerprint density at radius 1 is 1.52 bits per heavy atom. The van der Waals surface area contributed by atoms with Gasteiger partial charge in [0.2, 0.25) is 0 Å². The van der Waals surface area contributed by atoms with Gasteiger partial charge >= 0.3 is 0 Å². The van der Waals surface area contributed by atoms with E-state index in [2.05, 4.69) is 35.2 Å². The maximum absolute atomic E-state index is 6.24. The molecule has 0 bridgehead atoms. The van der Waals surface area contributed by atoms with Crippen LogP contribution in [-0.4, -0.2) is 39.8 Å². The summed E-state index contributed by atoms with van der Waals surface area (Å²) in [4.78, 5) is 4.60. The summed E-state index contributed by atoms with van der Waals surface area (Å²) >= 11 is 2.07. The molecule has 2 aliphatic heterocycles. The van der Waals surface area contributed by atoms with E-state index in [9.17, 15) is 0 Å². The molecule has 5 heteroatoms. The third kappa shape index (κ3) is 3.46. The van der Waals surface area contributed by atoms with Crippen LogP contribution < -0.4 is 5.32 Å². The molecule has 1 aromatic heterocycles. The van der Waals surface area contributed by atoms with Gasteiger partial charge in [0.25, 0.3) is 0 Å². The van der Waals surface area contributed by atoms with Crippen molar-refractivity contribution in [2.45, 2.75) is 44.2 Å². The van der Waals surface area contributed by atoms with Crippen molar-refractivity contribution in [3.8, 4) is 0 Å². The van der Waals surface area contributed by atoms with Gasteiger partial charge in [0.15, 0.2) is 0 Å². The highest BCUT2D eigenvalue weighted by molar-refractivity contribution is 7.99. The SMILES string of the molecule is CCNC(c1cn(C)cn1)C1CCOC2(CCSCC2)C1. The minimum absolute atomic E-state index is 0.149. The minimum atomic E-state index is 0.149. The Hall–Kier alpha value is -0.520. The highest BCUT2D eigenvalue weighted by Crippen LogP contribution is 2.43. The first kappa shape index (κ1) is 15.4. The number of aryl methyl sites for hydroxylation is 1. The van der Waals surface area contributed by atoms with Crippen molar-refractivity contribution >= 4 is 11.8 Å². The van der Waals surface area contributed by atoms with Gasteiger partial charge in [-0.1, -0.05) is 6.92 Å². The second-order valence-electron chi connectivity index (χ2n) is 6.40. The Morgan fingerprint density at radius 2 is 2.33 bits per heavy atom. The molecule has 2 fully saturated rings. The summed E-state index contributed by atoms with van der Waals surface area (Å²) in [6.07, 6.45) is 8.83. The lowest BCUT2D eigenvalue weighted by Crippen LogP contribution is -2.45. The number of nitrogens with zero attached hydrogens (tertiary/aromatic N) is 2. The van der Waals surface area contributed by atoms with E-state index in [4.69, 9.17) is 4.74 Å². The van der Waals surface area contributed by atoms with Gasteiger partial charge in [-0.05, 0) is 49.7 Å². The molecule has 21 heavy (non-hydrogen) atoms. The molecule has 1 aromatic rings. The molecule has 2 saturated heterocycles. The molecular formula is C16H27N3OS. The Labute approximate surface area is 132 Å². The molecule has 0 aliphatic carbocycles. The summed E-state index contributed by atoms with van der Waals surface area (Å²) in [5, 5.41) is 3.67. The Morgan fingerprint density at radius 3 is 3.00 bits per heavy atom. The lowest BCUT2D eigenvalue weighted by Gasteiger charge is -2.45. The average molecular weight is 309 g/mol. The molecule has 1 spiro atoms. The topological polar surface area (TPSA) is 39.1 Å². The molecule has 2 aliphatic rings.